The van der Waals surface area contributed by atoms with Crippen molar-refractivity contribution >= 4 is 51.7 Å². The maximum Gasteiger partial charge on any atom is 0.252 e. The lowest BCUT2D eigenvalue weighted by Crippen LogP contribution is -2.38. The minimum absolute atomic E-state index is 0.0266. The maximum absolute atomic E-state index is 12.2. The third-order valence-corrected chi connectivity index (χ3v) is 5.32. The Hall–Kier alpha value is -0.000000000000000111. The Kier molecular flexibility index (Phi) is 6.91. The number of hydrogen-bond acceptors (Lipinski definition) is 1. The highest BCUT2D eigenvalue weighted by Crippen LogP contribution is 2.27. The third kappa shape index (κ3) is 4.50. The van der Waals surface area contributed by atoms with Crippen molar-refractivity contribution in [2.24, 2.45) is 5.41 Å². The van der Waals surface area contributed by atoms with Gasteiger partial charge < -0.3 is 5.32 Å². The quantitative estimate of drug-likeness (QED) is 0.530. The Bertz CT molecular complexity index is 439. The lowest BCUT2D eigenvalue weighted by Gasteiger charge is -2.29. The molecule has 1 aromatic rings. The highest BCUT2D eigenvalue weighted by molar-refractivity contribution is 14.1. The van der Waals surface area contributed by atoms with Crippen LogP contribution in [0.1, 0.15) is 37.0 Å². The average molecular weight is 414 g/mol. The molecule has 0 radical (unpaired) electrons. The molecule has 0 bridgehead atoms. The molecule has 0 spiro atoms. The van der Waals surface area contributed by atoms with Crippen LogP contribution >= 0.6 is 45.8 Å². The fraction of sp³-hybridized carbons (Fsp3) is 0.500. The van der Waals surface area contributed by atoms with Crippen molar-refractivity contribution < 1.29 is 4.79 Å². The second-order valence-corrected chi connectivity index (χ2v) is 6.51. The minimum atomic E-state index is -0.0942. The summed E-state index contributed by atoms with van der Waals surface area (Å²) in [5.41, 5.74) is 0.588. The van der Waals surface area contributed by atoms with E-state index in [-0.39, 0.29) is 11.3 Å². The zero-order valence-corrected chi connectivity index (χ0v) is 14.8. The lowest BCUT2D eigenvalue weighted by molar-refractivity contribution is 0.0931. The highest BCUT2D eigenvalue weighted by Gasteiger charge is 2.26. The summed E-state index contributed by atoms with van der Waals surface area (Å²) in [7, 11) is 0. The van der Waals surface area contributed by atoms with E-state index in [1.54, 1.807) is 12.1 Å². The van der Waals surface area contributed by atoms with E-state index < -0.39 is 0 Å². The van der Waals surface area contributed by atoms with E-state index in [1.165, 1.54) is 0 Å². The van der Waals surface area contributed by atoms with Gasteiger partial charge in [-0.15, -0.1) is 11.6 Å². The summed E-state index contributed by atoms with van der Waals surface area (Å²) < 4.78 is 0.893. The van der Waals surface area contributed by atoms with Crippen LogP contribution in [0.15, 0.2) is 18.2 Å². The summed E-state index contributed by atoms with van der Waals surface area (Å²) in [6.45, 7) is 4.79. The topological polar surface area (TPSA) is 29.1 Å². The van der Waals surface area contributed by atoms with Crippen molar-refractivity contribution in [1.82, 2.24) is 5.32 Å². The number of hydrogen-bond donors (Lipinski definition) is 1. The van der Waals surface area contributed by atoms with E-state index in [0.717, 1.165) is 16.4 Å². The summed E-state index contributed by atoms with van der Waals surface area (Å²) in [5.74, 6) is 0.454. The summed E-state index contributed by atoms with van der Waals surface area (Å²) in [6.07, 6.45) is 1.89. The molecule has 1 N–H and O–H groups in total. The molecule has 0 atom stereocenters. The summed E-state index contributed by atoms with van der Waals surface area (Å²) in [5, 5.41) is 3.54. The first-order valence-corrected chi connectivity index (χ1v) is 8.26. The zero-order chi connectivity index (χ0) is 14.5. The van der Waals surface area contributed by atoms with Crippen LogP contribution in [-0.4, -0.2) is 18.3 Å². The van der Waals surface area contributed by atoms with Crippen molar-refractivity contribution in [2.45, 2.75) is 26.7 Å². The van der Waals surface area contributed by atoms with Gasteiger partial charge >= 0.3 is 0 Å². The fourth-order valence-electron chi connectivity index (χ4n) is 1.77. The number of benzene rings is 1. The van der Waals surface area contributed by atoms with Crippen LogP contribution in [0, 0.1) is 8.99 Å². The predicted molar refractivity (Wildman–Crippen MR) is 90.2 cm³/mol. The SMILES string of the molecule is CCC(CC)(CCl)CNC(=O)c1cc(Cl)ccc1I. The van der Waals surface area contributed by atoms with Gasteiger partial charge in [0.2, 0.25) is 0 Å². The van der Waals surface area contributed by atoms with Gasteiger partial charge in [-0.25, -0.2) is 0 Å². The zero-order valence-electron chi connectivity index (χ0n) is 11.1. The molecule has 0 saturated carbocycles. The van der Waals surface area contributed by atoms with E-state index in [0.29, 0.717) is 23.0 Å². The lowest BCUT2D eigenvalue weighted by atomic mass is 9.84. The van der Waals surface area contributed by atoms with Crippen molar-refractivity contribution in [2.75, 3.05) is 12.4 Å². The molecule has 1 rings (SSSR count). The predicted octanol–water partition coefficient (Wildman–Crippen LogP) is 4.72. The molecule has 1 aromatic carbocycles. The standard InChI is InChI=1S/C14H18Cl2INO/c1-3-14(4-2,8-15)9-18-13(19)11-7-10(16)5-6-12(11)17/h5-7H,3-4,8-9H2,1-2H3,(H,18,19). The van der Waals surface area contributed by atoms with Gasteiger partial charge in [-0.1, -0.05) is 25.4 Å². The fourth-order valence-corrected chi connectivity index (χ4v) is 3.00. The molecular formula is C14H18Cl2INO. The molecule has 0 fully saturated rings. The maximum atomic E-state index is 12.2. The smallest absolute Gasteiger partial charge is 0.252 e. The minimum Gasteiger partial charge on any atom is -0.351 e. The van der Waals surface area contributed by atoms with Crippen LogP contribution in [0.3, 0.4) is 0 Å². The Morgan fingerprint density at radius 2 is 2.00 bits per heavy atom. The molecule has 0 unspecified atom stereocenters. The molecule has 2 nitrogen and oxygen atoms in total. The van der Waals surface area contributed by atoms with E-state index in [1.807, 2.05) is 6.07 Å². The first-order chi connectivity index (χ1) is 8.98. The van der Waals surface area contributed by atoms with Crippen LogP contribution < -0.4 is 5.32 Å². The highest BCUT2D eigenvalue weighted by atomic mass is 127. The monoisotopic (exact) mass is 413 g/mol. The van der Waals surface area contributed by atoms with Crippen molar-refractivity contribution in [3.8, 4) is 0 Å². The van der Waals surface area contributed by atoms with Gasteiger partial charge in [0, 0.05) is 26.4 Å². The van der Waals surface area contributed by atoms with Gasteiger partial charge in [0.05, 0.1) is 5.56 Å². The van der Waals surface area contributed by atoms with E-state index in [9.17, 15) is 4.79 Å². The Morgan fingerprint density at radius 1 is 1.37 bits per heavy atom. The number of carbonyl (C=O) groups is 1. The van der Waals surface area contributed by atoms with Crippen LogP contribution in [0.4, 0.5) is 0 Å². The molecule has 0 aliphatic heterocycles. The largest absolute Gasteiger partial charge is 0.351 e. The van der Waals surface area contributed by atoms with Crippen LogP contribution in [0.5, 0.6) is 0 Å². The van der Waals surface area contributed by atoms with Gasteiger partial charge in [0.1, 0.15) is 0 Å². The van der Waals surface area contributed by atoms with E-state index in [4.69, 9.17) is 23.2 Å². The molecule has 0 heterocycles. The summed E-state index contributed by atoms with van der Waals surface area (Å²) in [4.78, 5) is 12.2. The van der Waals surface area contributed by atoms with Gasteiger partial charge in [0.15, 0.2) is 0 Å². The van der Waals surface area contributed by atoms with Crippen LogP contribution in [0.2, 0.25) is 5.02 Å². The molecular weight excluding hydrogens is 396 g/mol. The Balaban J connectivity index is 2.77. The molecule has 5 heteroatoms. The van der Waals surface area contributed by atoms with Crippen molar-refractivity contribution in [3.63, 3.8) is 0 Å². The molecule has 0 saturated heterocycles. The summed E-state index contributed by atoms with van der Waals surface area (Å²) in [6, 6.07) is 5.31. The normalized spacial score (nSPS) is 11.4. The van der Waals surface area contributed by atoms with Crippen LogP contribution in [0.25, 0.3) is 0 Å². The Morgan fingerprint density at radius 3 is 2.53 bits per heavy atom. The van der Waals surface area contributed by atoms with Gasteiger partial charge in [-0.05, 0) is 53.6 Å². The molecule has 1 amide bonds. The van der Waals surface area contributed by atoms with Crippen molar-refractivity contribution in [3.05, 3.63) is 32.4 Å². The first kappa shape index (κ1) is 17.1. The number of rotatable bonds is 6. The number of nitrogens with one attached hydrogen (secondary N) is 1. The molecule has 0 aliphatic rings. The second-order valence-electron chi connectivity index (χ2n) is 4.65. The van der Waals surface area contributed by atoms with Crippen molar-refractivity contribution in [1.29, 1.82) is 0 Å². The molecule has 0 aliphatic carbocycles. The van der Waals surface area contributed by atoms with E-state index in [2.05, 4.69) is 41.8 Å². The number of carbonyl (C=O) groups excluding carboxylic acids is 1. The molecule has 19 heavy (non-hydrogen) atoms. The average Bonchev–Trinajstić information content (AvgIpc) is 2.43. The number of halogens is 3. The number of alkyl halides is 1. The third-order valence-electron chi connectivity index (χ3n) is 3.58. The molecule has 0 aromatic heterocycles. The van der Waals surface area contributed by atoms with Gasteiger partial charge in [0.25, 0.3) is 5.91 Å². The number of amides is 1. The van der Waals surface area contributed by atoms with Crippen LogP contribution in [-0.2, 0) is 0 Å². The Labute approximate surface area is 138 Å². The summed E-state index contributed by atoms with van der Waals surface area (Å²) >= 11 is 14.1. The first-order valence-electron chi connectivity index (χ1n) is 6.27. The molecule has 106 valence electrons. The van der Waals surface area contributed by atoms with E-state index >= 15 is 0 Å². The second kappa shape index (κ2) is 7.70. The van der Waals surface area contributed by atoms with Gasteiger partial charge in [-0.3, -0.25) is 4.79 Å². The van der Waals surface area contributed by atoms with Gasteiger partial charge in [-0.2, -0.15) is 0 Å².